The Bertz CT molecular complexity index is 1160. The van der Waals surface area contributed by atoms with Crippen molar-refractivity contribution in [1.29, 1.82) is 5.41 Å². The number of hydrogen-bond acceptors (Lipinski definition) is 8. The number of nitrogens with zero attached hydrogens (tertiary/aromatic N) is 4. The van der Waals surface area contributed by atoms with Gasteiger partial charge in [0.15, 0.2) is 11.0 Å². The fraction of sp³-hybridized carbons (Fsp3) is 0.250. The Morgan fingerprint density at radius 3 is 2.35 bits per heavy atom. The molecule has 1 amide bonds. The lowest BCUT2D eigenvalue weighted by Gasteiger charge is -2.26. The summed E-state index contributed by atoms with van der Waals surface area (Å²) < 4.78 is 16.7. The molecular formula is C24H23N5O4S. The summed E-state index contributed by atoms with van der Waals surface area (Å²) in [5.41, 5.74) is 0.963. The predicted molar refractivity (Wildman–Crippen MR) is 131 cm³/mol. The third-order valence-corrected chi connectivity index (χ3v) is 6.25. The number of rotatable bonds is 6. The number of thioether (sulfide) groups is 1. The predicted octanol–water partition coefficient (Wildman–Crippen LogP) is 3.05. The molecule has 0 unspecified atom stereocenters. The van der Waals surface area contributed by atoms with Crippen LogP contribution < -0.4 is 9.47 Å². The van der Waals surface area contributed by atoms with Crippen LogP contribution in [0.1, 0.15) is 5.56 Å². The number of nitrogens with one attached hydrogen (secondary N) is 1. The number of aliphatic imine (C=N–C) groups is 1. The average molecular weight is 478 g/mol. The van der Waals surface area contributed by atoms with E-state index in [0.29, 0.717) is 37.3 Å². The number of hydrazone groups is 1. The molecule has 0 aromatic heterocycles. The first kappa shape index (κ1) is 22.2. The van der Waals surface area contributed by atoms with Crippen LogP contribution in [0.4, 0.5) is 0 Å². The van der Waals surface area contributed by atoms with Gasteiger partial charge in [-0.1, -0.05) is 30.3 Å². The van der Waals surface area contributed by atoms with Crippen molar-refractivity contribution in [2.75, 3.05) is 39.5 Å². The van der Waals surface area contributed by atoms with Gasteiger partial charge in [-0.3, -0.25) is 10.2 Å². The average Bonchev–Trinajstić information content (AvgIpc) is 3.31. The van der Waals surface area contributed by atoms with Gasteiger partial charge in [0.1, 0.15) is 24.7 Å². The van der Waals surface area contributed by atoms with Crippen LogP contribution in [0.25, 0.3) is 6.08 Å². The zero-order valence-electron chi connectivity index (χ0n) is 18.3. The minimum absolute atomic E-state index is 0.0177. The van der Waals surface area contributed by atoms with Crippen molar-refractivity contribution in [2.24, 2.45) is 10.1 Å². The van der Waals surface area contributed by atoms with E-state index in [2.05, 4.69) is 15.0 Å². The molecule has 1 saturated heterocycles. The number of ether oxygens (including phenoxy) is 3. The zero-order valence-corrected chi connectivity index (χ0v) is 19.2. The molecule has 3 aliphatic rings. The minimum Gasteiger partial charge on any atom is -0.490 e. The van der Waals surface area contributed by atoms with Crippen molar-refractivity contribution in [3.63, 3.8) is 0 Å². The minimum atomic E-state index is -0.444. The molecule has 0 bridgehead atoms. The van der Waals surface area contributed by atoms with Crippen LogP contribution in [-0.2, 0) is 9.53 Å². The summed E-state index contributed by atoms with van der Waals surface area (Å²) in [4.78, 5) is 18.9. The summed E-state index contributed by atoms with van der Waals surface area (Å²) >= 11 is 1.31. The fourth-order valence-corrected chi connectivity index (χ4v) is 4.47. The smallest absolute Gasteiger partial charge is 0.283 e. The van der Waals surface area contributed by atoms with Gasteiger partial charge in [0.05, 0.1) is 18.8 Å². The van der Waals surface area contributed by atoms with E-state index < -0.39 is 5.91 Å². The molecule has 0 atom stereocenters. The number of benzene rings is 2. The molecule has 3 heterocycles. The Kier molecular flexibility index (Phi) is 6.59. The molecule has 0 spiro atoms. The lowest BCUT2D eigenvalue weighted by atomic mass is 10.1. The van der Waals surface area contributed by atoms with Gasteiger partial charge in [0.25, 0.3) is 5.91 Å². The monoisotopic (exact) mass is 477 g/mol. The van der Waals surface area contributed by atoms with E-state index in [9.17, 15) is 4.79 Å². The fourth-order valence-electron chi connectivity index (χ4n) is 3.53. The van der Waals surface area contributed by atoms with Gasteiger partial charge in [0, 0.05) is 13.1 Å². The molecule has 2 aromatic carbocycles. The van der Waals surface area contributed by atoms with Crippen LogP contribution in [0.5, 0.6) is 11.5 Å². The highest BCUT2D eigenvalue weighted by atomic mass is 32.2. The van der Waals surface area contributed by atoms with Crippen LogP contribution in [0.15, 0.2) is 70.3 Å². The molecule has 34 heavy (non-hydrogen) atoms. The second kappa shape index (κ2) is 10.1. The molecular weight excluding hydrogens is 454 g/mol. The molecule has 5 rings (SSSR count). The van der Waals surface area contributed by atoms with Crippen molar-refractivity contribution >= 4 is 39.9 Å². The highest BCUT2D eigenvalue weighted by Gasteiger charge is 2.37. The third kappa shape index (κ3) is 4.97. The maximum Gasteiger partial charge on any atom is 0.283 e. The maximum atomic E-state index is 12.6. The second-order valence-corrected chi connectivity index (χ2v) is 8.52. The second-order valence-electron chi connectivity index (χ2n) is 7.58. The maximum absolute atomic E-state index is 12.6. The van der Waals surface area contributed by atoms with Crippen molar-refractivity contribution in [3.05, 3.63) is 65.7 Å². The number of amides is 1. The van der Waals surface area contributed by atoms with Crippen LogP contribution in [-0.4, -0.2) is 71.5 Å². The molecule has 9 nitrogen and oxygen atoms in total. The van der Waals surface area contributed by atoms with E-state index in [1.54, 1.807) is 6.08 Å². The molecule has 1 fully saturated rings. The Morgan fingerprint density at radius 1 is 0.971 bits per heavy atom. The van der Waals surface area contributed by atoms with E-state index in [-0.39, 0.29) is 11.4 Å². The summed E-state index contributed by atoms with van der Waals surface area (Å²) in [6.07, 6.45) is 1.65. The normalized spacial score (nSPS) is 19.1. The third-order valence-electron chi connectivity index (χ3n) is 5.28. The standard InChI is InChI=1S/C24H23N5O4S/c25-21-20(22(30)26-23-29(21)27-24(34-23)28-10-12-31-13-11-28)16-17-6-8-19(9-7-17)33-15-14-32-18-4-2-1-3-5-18/h1-9,16,25H,10-15H2/b20-16+,25-21?. The quantitative estimate of drug-likeness (QED) is 0.504. The topological polar surface area (TPSA) is 99.8 Å². The Labute approximate surface area is 201 Å². The molecule has 0 aliphatic carbocycles. The van der Waals surface area contributed by atoms with Crippen molar-refractivity contribution < 1.29 is 19.0 Å². The van der Waals surface area contributed by atoms with E-state index >= 15 is 0 Å². The molecule has 1 N–H and O–H groups in total. The SMILES string of the molecule is N=C1/C(=C\c2ccc(OCCOc3ccccc3)cc2)C(=O)N=C2SC(N3CCOCC3)=NN12. The summed E-state index contributed by atoms with van der Waals surface area (Å²) in [5.74, 6) is 1.07. The molecule has 0 radical (unpaired) electrons. The van der Waals surface area contributed by atoms with Crippen molar-refractivity contribution in [2.45, 2.75) is 0 Å². The lowest BCUT2D eigenvalue weighted by molar-refractivity contribution is -0.114. The van der Waals surface area contributed by atoms with Gasteiger partial charge in [-0.15, -0.1) is 5.10 Å². The van der Waals surface area contributed by atoms with E-state index in [1.165, 1.54) is 16.8 Å². The summed E-state index contributed by atoms with van der Waals surface area (Å²) in [6, 6.07) is 16.9. The number of para-hydroxylation sites is 1. The molecule has 0 saturated carbocycles. The van der Waals surface area contributed by atoms with Gasteiger partial charge in [-0.25, -0.2) is 0 Å². The van der Waals surface area contributed by atoms with Crippen LogP contribution >= 0.6 is 11.8 Å². The highest BCUT2D eigenvalue weighted by molar-refractivity contribution is 8.26. The van der Waals surface area contributed by atoms with Gasteiger partial charge in [-0.2, -0.15) is 10.0 Å². The van der Waals surface area contributed by atoms with Gasteiger partial charge < -0.3 is 19.1 Å². The molecule has 3 aliphatic heterocycles. The Balaban J connectivity index is 1.21. The number of fused-ring (bicyclic) bond motifs is 1. The van der Waals surface area contributed by atoms with Gasteiger partial charge in [0.2, 0.25) is 5.17 Å². The summed E-state index contributed by atoms with van der Waals surface area (Å²) in [5, 5.41) is 15.6. The number of amidine groups is 3. The number of hydrogen-bond donors (Lipinski definition) is 1. The number of carbonyl (C=O) groups is 1. The number of morpholine rings is 1. The first-order valence-electron chi connectivity index (χ1n) is 10.9. The van der Waals surface area contributed by atoms with Gasteiger partial charge >= 0.3 is 0 Å². The lowest BCUT2D eigenvalue weighted by Crippen LogP contribution is -2.39. The molecule has 174 valence electrons. The summed E-state index contributed by atoms with van der Waals surface area (Å²) in [6.45, 7) is 3.56. The van der Waals surface area contributed by atoms with Crippen LogP contribution in [0.3, 0.4) is 0 Å². The Hall–Kier alpha value is -3.63. The van der Waals surface area contributed by atoms with Crippen molar-refractivity contribution in [3.8, 4) is 11.5 Å². The summed E-state index contributed by atoms with van der Waals surface area (Å²) in [7, 11) is 0. The van der Waals surface area contributed by atoms with Crippen LogP contribution in [0, 0.1) is 5.41 Å². The Morgan fingerprint density at radius 2 is 1.65 bits per heavy atom. The van der Waals surface area contributed by atoms with Crippen LogP contribution in [0.2, 0.25) is 0 Å². The van der Waals surface area contributed by atoms with E-state index in [0.717, 1.165) is 29.6 Å². The first-order valence-corrected chi connectivity index (χ1v) is 11.7. The zero-order chi connectivity index (χ0) is 23.3. The van der Waals surface area contributed by atoms with E-state index in [4.69, 9.17) is 19.6 Å². The van der Waals surface area contributed by atoms with Crippen molar-refractivity contribution in [1.82, 2.24) is 9.91 Å². The van der Waals surface area contributed by atoms with Gasteiger partial charge in [-0.05, 0) is 47.7 Å². The number of carbonyl (C=O) groups excluding carboxylic acids is 1. The highest BCUT2D eigenvalue weighted by Crippen LogP contribution is 2.30. The first-order chi connectivity index (χ1) is 16.7. The molecule has 10 heteroatoms. The van der Waals surface area contributed by atoms with E-state index in [1.807, 2.05) is 54.6 Å². The largest absolute Gasteiger partial charge is 0.490 e. The molecule has 2 aromatic rings.